The average molecular weight is 790 g/mol. The second-order valence-corrected chi connectivity index (χ2v) is 16.7. The van der Waals surface area contributed by atoms with E-state index >= 15 is 0 Å². The van der Waals surface area contributed by atoms with Crippen LogP contribution in [0.1, 0.15) is 238 Å². The van der Waals surface area contributed by atoms with Crippen LogP contribution in [0.2, 0.25) is 0 Å². The summed E-state index contributed by atoms with van der Waals surface area (Å²) in [5, 5.41) is 13.7. The third-order valence-electron chi connectivity index (χ3n) is 11.2. The Hall–Kier alpha value is -1.93. The zero-order chi connectivity index (χ0) is 40.6. The van der Waals surface area contributed by atoms with Gasteiger partial charge in [0, 0.05) is 31.1 Å². The second kappa shape index (κ2) is 39.9. The van der Waals surface area contributed by atoms with Crippen molar-refractivity contribution in [3.8, 4) is 0 Å². The van der Waals surface area contributed by atoms with E-state index in [-0.39, 0.29) is 24.6 Å². The molecule has 0 saturated heterocycles. The van der Waals surface area contributed by atoms with E-state index in [9.17, 15) is 14.7 Å². The molecule has 0 aromatic carbocycles. The zero-order valence-electron chi connectivity index (χ0n) is 37.2. The summed E-state index contributed by atoms with van der Waals surface area (Å²) < 4.78 is 13.4. The highest BCUT2D eigenvalue weighted by Crippen LogP contribution is 2.19. The van der Waals surface area contributed by atoms with Gasteiger partial charge in [-0.1, -0.05) is 162 Å². The molecular formula is C48H91N3O5. The molecule has 1 rings (SSSR count). The molecule has 0 fully saturated rings. The Morgan fingerprint density at radius 2 is 1.05 bits per heavy atom. The molecule has 0 radical (unpaired) electrons. The Morgan fingerprint density at radius 1 is 0.607 bits per heavy atom. The molecule has 1 N–H and O–H groups in total. The summed E-state index contributed by atoms with van der Waals surface area (Å²) in [4.78, 5) is 27.6. The molecule has 1 heterocycles. The van der Waals surface area contributed by atoms with Crippen LogP contribution in [0.5, 0.6) is 0 Å². The lowest BCUT2D eigenvalue weighted by atomic mass is 10.0. The average Bonchev–Trinajstić information content (AvgIpc) is 3.64. The summed E-state index contributed by atoms with van der Waals surface area (Å²) in [7, 11) is 0. The summed E-state index contributed by atoms with van der Waals surface area (Å²) in [6, 6.07) is 0. The van der Waals surface area contributed by atoms with Crippen molar-refractivity contribution in [3.63, 3.8) is 0 Å². The summed E-state index contributed by atoms with van der Waals surface area (Å²) in [5.74, 6) is -0.0425. The highest BCUT2D eigenvalue weighted by molar-refractivity contribution is 5.69. The van der Waals surface area contributed by atoms with E-state index in [2.05, 4.69) is 30.8 Å². The molecule has 0 aliphatic carbocycles. The van der Waals surface area contributed by atoms with Gasteiger partial charge in [-0.25, -0.2) is 0 Å². The number of aliphatic hydroxyl groups excluding tert-OH is 1. The second-order valence-electron chi connectivity index (χ2n) is 16.7. The Labute approximate surface area is 346 Å². The molecule has 1 aromatic heterocycles. The number of hydrogen-bond donors (Lipinski definition) is 1. The number of esters is 2. The lowest BCUT2D eigenvalue weighted by Crippen LogP contribution is -2.25. The summed E-state index contributed by atoms with van der Waals surface area (Å²) in [5.41, 5.74) is 1.17. The number of carbonyl (C=O) groups excluding carboxylic acids is 2. The number of carbonyl (C=O) groups is 2. The Morgan fingerprint density at radius 3 is 1.59 bits per heavy atom. The quantitative estimate of drug-likeness (QED) is 0.0520. The lowest BCUT2D eigenvalue weighted by Gasteiger charge is -2.21. The monoisotopic (exact) mass is 790 g/mol. The van der Waals surface area contributed by atoms with Crippen molar-refractivity contribution in [2.24, 2.45) is 0 Å². The Balaban J connectivity index is 2.32. The van der Waals surface area contributed by atoms with Gasteiger partial charge in [0.2, 0.25) is 0 Å². The van der Waals surface area contributed by atoms with Crippen molar-refractivity contribution >= 4 is 11.9 Å². The van der Waals surface area contributed by atoms with Crippen LogP contribution >= 0.6 is 0 Å². The number of unbranched alkanes of at least 4 members (excludes halogenated alkanes) is 24. The third-order valence-corrected chi connectivity index (χ3v) is 11.2. The van der Waals surface area contributed by atoms with Gasteiger partial charge in [-0.05, 0) is 70.9 Å². The summed E-state index contributed by atoms with van der Waals surface area (Å²) >= 11 is 0. The van der Waals surface area contributed by atoms with Crippen molar-refractivity contribution in [2.45, 2.75) is 252 Å². The molecule has 0 unspecified atom stereocenters. The normalized spacial score (nSPS) is 11.6. The van der Waals surface area contributed by atoms with Crippen LogP contribution in [-0.2, 0) is 32.2 Å². The fourth-order valence-corrected chi connectivity index (χ4v) is 7.64. The van der Waals surface area contributed by atoms with Crippen molar-refractivity contribution in [1.29, 1.82) is 0 Å². The first-order valence-electron chi connectivity index (χ1n) is 24.2. The fraction of sp³-hybridized carbons (Fsp3) is 0.896. The highest BCUT2D eigenvalue weighted by atomic mass is 16.5. The van der Waals surface area contributed by atoms with Crippen LogP contribution in [0.4, 0.5) is 0 Å². The number of rotatable bonds is 43. The first-order chi connectivity index (χ1) is 27.5. The van der Waals surface area contributed by atoms with Gasteiger partial charge in [0.25, 0.3) is 0 Å². The van der Waals surface area contributed by atoms with Crippen molar-refractivity contribution in [2.75, 3.05) is 26.3 Å². The molecule has 0 atom stereocenters. The van der Waals surface area contributed by atoms with Crippen molar-refractivity contribution in [1.82, 2.24) is 14.7 Å². The predicted octanol–water partition coefficient (Wildman–Crippen LogP) is 13.1. The van der Waals surface area contributed by atoms with Gasteiger partial charge in [-0.15, -0.1) is 0 Å². The SMILES string of the molecule is CCCCCCCCCCCOC(=O)CCCCCN(CCCCCCCC(=O)OC(CCCCCCCC)CCCCCCCC)Cc1cnn(CCO)c1. The molecular weight excluding hydrogens is 699 g/mol. The maximum atomic E-state index is 12.8. The standard InChI is InChI=1S/C48H91N3O5/c1-4-7-10-13-16-17-18-24-32-41-55-47(53)35-29-25-31-38-50(43-45-42-49-51(44-45)39-40-52)37-30-23-19-22-28-36-48(54)56-46(33-26-20-14-11-8-5-2)34-27-21-15-12-9-6-3/h42,44,46,52H,4-41,43H2,1-3H3. The smallest absolute Gasteiger partial charge is 0.306 e. The molecule has 0 amide bonds. The van der Waals surface area contributed by atoms with Crippen molar-refractivity contribution < 1.29 is 24.2 Å². The van der Waals surface area contributed by atoms with E-state index in [1.54, 1.807) is 0 Å². The van der Waals surface area contributed by atoms with E-state index in [1.165, 1.54) is 128 Å². The maximum absolute atomic E-state index is 12.8. The van der Waals surface area contributed by atoms with E-state index in [4.69, 9.17) is 9.47 Å². The van der Waals surface area contributed by atoms with Gasteiger partial charge in [-0.3, -0.25) is 19.2 Å². The molecule has 8 nitrogen and oxygen atoms in total. The minimum Gasteiger partial charge on any atom is -0.466 e. The van der Waals surface area contributed by atoms with Crippen LogP contribution in [0.25, 0.3) is 0 Å². The van der Waals surface area contributed by atoms with Crippen LogP contribution in [0.3, 0.4) is 0 Å². The molecule has 0 saturated carbocycles. The van der Waals surface area contributed by atoms with E-state index < -0.39 is 0 Å². The zero-order valence-corrected chi connectivity index (χ0v) is 37.2. The van der Waals surface area contributed by atoms with Gasteiger partial charge in [-0.2, -0.15) is 5.10 Å². The predicted molar refractivity (Wildman–Crippen MR) is 235 cm³/mol. The third kappa shape index (κ3) is 33.1. The fourth-order valence-electron chi connectivity index (χ4n) is 7.64. The van der Waals surface area contributed by atoms with Gasteiger partial charge in [0.1, 0.15) is 6.10 Å². The topological polar surface area (TPSA) is 93.9 Å². The first kappa shape index (κ1) is 52.1. The number of hydrogen-bond acceptors (Lipinski definition) is 7. The molecule has 0 spiro atoms. The van der Waals surface area contributed by atoms with Crippen LogP contribution < -0.4 is 0 Å². The molecule has 0 aliphatic heterocycles. The first-order valence-corrected chi connectivity index (χ1v) is 24.2. The van der Waals surface area contributed by atoms with E-state index in [1.807, 2.05) is 17.1 Å². The minimum atomic E-state index is -0.0490. The minimum absolute atomic E-state index is 0.00644. The maximum Gasteiger partial charge on any atom is 0.306 e. The highest BCUT2D eigenvalue weighted by Gasteiger charge is 2.15. The molecule has 1 aromatic rings. The molecule has 56 heavy (non-hydrogen) atoms. The van der Waals surface area contributed by atoms with Crippen molar-refractivity contribution in [3.05, 3.63) is 18.0 Å². The Kier molecular flexibility index (Phi) is 37.1. The van der Waals surface area contributed by atoms with Gasteiger partial charge >= 0.3 is 11.9 Å². The number of aliphatic hydroxyl groups is 1. The molecule has 0 bridgehead atoms. The lowest BCUT2D eigenvalue weighted by molar-refractivity contribution is -0.150. The van der Waals surface area contributed by atoms with Crippen LogP contribution in [0.15, 0.2) is 12.4 Å². The molecule has 8 heteroatoms. The summed E-state index contributed by atoms with van der Waals surface area (Å²) in [6.45, 7) is 10.8. The van der Waals surface area contributed by atoms with Gasteiger partial charge in [0.05, 0.1) is 26.0 Å². The van der Waals surface area contributed by atoms with E-state index in [0.29, 0.717) is 26.0 Å². The number of nitrogens with zero attached hydrogens (tertiary/aromatic N) is 3. The Bertz CT molecular complexity index is 985. The van der Waals surface area contributed by atoms with Crippen LogP contribution in [0, 0.1) is 0 Å². The molecule has 0 aliphatic rings. The van der Waals surface area contributed by atoms with Crippen LogP contribution in [-0.4, -0.2) is 64.1 Å². The van der Waals surface area contributed by atoms with Gasteiger partial charge < -0.3 is 14.6 Å². The molecule has 328 valence electrons. The summed E-state index contributed by atoms with van der Waals surface area (Å²) in [6.07, 6.45) is 42.2. The number of aromatic nitrogens is 2. The van der Waals surface area contributed by atoms with Gasteiger partial charge in [0.15, 0.2) is 0 Å². The number of ether oxygens (including phenoxy) is 2. The largest absolute Gasteiger partial charge is 0.466 e. The van der Waals surface area contributed by atoms with E-state index in [0.717, 1.165) is 96.7 Å².